The van der Waals surface area contributed by atoms with E-state index in [1.54, 1.807) is 0 Å². The fourth-order valence-corrected chi connectivity index (χ4v) is 2.13. The molecule has 1 aliphatic rings. The number of anilines is 1. The predicted octanol–water partition coefficient (Wildman–Crippen LogP) is 0.964. The third-order valence-electron chi connectivity index (χ3n) is 3.19. The van der Waals surface area contributed by atoms with Crippen molar-refractivity contribution < 1.29 is 19.8 Å². The summed E-state index contributed by atoms with van der Waals surface area (Å²) in [5.41, 5.74) is -0.166. The Bertz CT molecular complexity index is 512. The minimum atomic E-state index is -1.25. The lowest BCUT2D eigenvalue weighted by Crippen LogP contribution is -2.44. The van der Waals surface area contributed by atoms with Gasteiger partial charge in [0.15, 0.2) is 5.75 Å². The van der Waals surface area contributed by atoms with E-state index in [9.17, 15) is 14.7 Å². The van der Waals surface area contributed by atoms with Crippen LogP contribution in [0.15, 0.2) is 18.2 Å². The van der Waals surface area contributed by atoms with Gasteiger partial charge in [-0.25, -0.2) is 9.59 Å². The number of hydrogen-bond acceptors (Lipinski definition) is 4. The number of carboxylic acid groups (broad SMARTS) is 1. The Balaban J connectivity index is 2.00. The van der Waals surface area contributed by atoms with Crippen molar-refractivity contribution in [3.8, 4) is 5.75 Å². The zero-order valence-corrected chi connectivity index (χ0v) is 10.8. The van der Waals surface area contributed by atoms with Crippen molar-refractivity contribution in [2.45, 2.75) is 18.9 Å². The van der Waals surface area contributed by atoms with Gasteiger partial charge in [-0.3, -0.25) is 0 Å². The molecule has 7 nitrogen and oxygen atoms in total. The number of aromatic carboxylic acids is 1. The Morgan fingerprint density at radius 2 is 1.95 bits per heavy atom. The van der Waals surface area contributed by atoms with E-state index in [0.29, 0.717) is 0 Å². The summed E-state index contributed by atoms with van der Waals surface area (Å²) in [5, 5.41) is 27.1. The van der Waals surface area contributed by atoms with Gasteiger partial charge in [0, 0.05) is 6.04 Å². The highest BCUT2D eigenvalue weighted by molar-refractivity contribution is 5.97. The number of amides is 2. The zero-order valence-electron chi connectivity index (χ0n) is 10.8. The fraction of sp³-hybridized carbons (Fsp3) is 0.385. The van der Waals surface area contributed by atoms with E-state index in [0.717, 1.165) is 25.9 Å². The van der Waals surface area contributed by atoms with Gasteiger partial charge in [0.1, 0.15) is 5.56 Å². The molecular formula is C13H17N3O4. The van der Waals surface area contributed by atoms with Gasteiger partial charge in [0.2, 0.25) is 0 Å². The minimum absolute atomic E-state index is 0.0799. The summed E-state index contributed by atoms with van der Waals surface area (Å²) in [6.07, 6.45) is 1.68. The van der Waals surface area contributed by atoms with Gasteiger partial charge < -0.3 is 26.2 Å². The molecule has 1 saturated heterocycles. The van der Waals surface area contributed by atoms with Crippen LogP contribution in [-0.4, -0.2) is 41.3 Å². The Morgan fingerprint density at radius 3 is 2.60 bits per heavy atom. The van der Waals surface area contributed by atoms with Crippen molar-refractivity contribution >= 4 is 17.7 Å². The number of benzene rings is 1. The number of phenols is 1. The molecule has 0 aromatic heterocycles. The van der Waals surface area contributed by atoms with Crippen LogP contribution in [-0.2, 0) is 0 Å². The monoisotopic (exact) mass is 279 g/mol. The van der Waals surface area contributed by atoms with Crippen LogP contribution in [0.25, 0.3) is 0 Å². The zero-order chi connectivity index (χ0) is 14.5. The smallest absolute Gasteiger partial charge is 0.339 e. The van der Waals surface area contributed by atoms with E-state index in [4.69, 9.17) is 5.11 Å². The lowest BCUT2D eigenvalue weighted by atomic mass is 10.1. The van der Waals surface area contributed by atoms with Gasteiger partial charge in [-0.1, -0.05) is 6.07 Å². The summed E-state index contributed by atoms with van der Waals surface area (Å²) in [4.78, 5) is 22.7. The highest BCUT2D eigenvalue weighted by atomic mass is 16.4. The molecule has 1 aromatic rings. The van der Waals surface area contributed by atoms with Crippen molar-refractivity contribution in [3.05, 3.63) is 23.8 Å². The van der Waals surface area contributed by atoms with Gasteiger partial charge in [0.05, 0.1) is 5.69 Å². The molecule has 1 aliphatic heterocycles. The van der Waals surface area contributed by atoms with Crippen LogP contribution in [0.3, 0.4) is 0 Å². The number of piperidine rings is 1. The quantitative estimate of drug-likeness (QED) is 0.529. The van der Waals surface area contributed by atoms with Gasteiger partial charge >= 0.3 is 12.0 Å². The molecule has 0 spiro atoms. The van der Waals surface area contributed by atoms with Crippen molar-refractivity contribution in [3.63, 3.8) is 0 Å². The first-order valence-electron chi connectivity index (χ1n) is 6.41. The van der Waals surface area contributed by atoms with Crippen molar-refractivity contribution in [1.29, 1.82) is 0 Å². The molecule has 0 aliphatic carbocycles. The summed E-state index contributed by atoms with van der Waals surface area (Å²) < 4.78 is 0. The van der Waals surface area contributed by atoms with E-state index in [1.165, 1.54) is 18.2 Å². The number of nitrogens with one attached hydrogen (secondary N) is 3. The topological polar surface area (TPSA) is 111 Å². The number of hydrogen-bond donors (Lipinski definition) is 5. The van der Waals surface area contributed by atoms with Crippen LogP contribution in [0.5, 0.6) is 5.75 Å². The van der Waals surface area contributed by atoms with E-state index in [2.05, 4.69) is 16.0 Å². The van der Waals surface area contributed by atoms with Crippen LogP contribution >= 0.6 is 0 Å². The van der Waals surface area contributed by atoms with E-state index in [1.807, 2.05) is 0 Å². The second kappa shape index (κ2) is 6.25. The third-order valence-corrected chi connectivity index (χ3v) is 3.19. The second-order valence-corrected chi connectivity index (χ2v) is 4.63. The van der Waals surface area contributed by atoms with Crippen LogP contribution in [0.4, 0.5) is 10.5 Å². The third kappa shape index (κ3) is 3.39. The summed E-state index contributed by atoms with van der Waals surface area (Å²) >= 11 is 0. The maximum Gasteiger partial charge on any atom is 0.339 e. The highest BCUT2D eigenvalue weighted by Gasteiger charge is 2.18. The Morgan fingerprint density at radius 1 is 1.25 bits per heavy atom. The van der Waals surface area contributed by atoms with Crippen molar-refractivity contribution in [2.75, 3.05) is 18.4 Å². The molecule has 2 rings (SSSR count). The number of carbonyl (C=O) groups is 2. The average Bonchev–Trinajstić information content (AvgIpc) is 2.42. The molecule has 1 aromatic carbocycles. The molecule has 1 fully saturated rings. The van der Waals surface area contributed by atoms with E-state index in [-0.39, 0.29) is 17.3 Å². The molecule has 0 bridgehead atoms. The molecule has 0 saturated carbocycles. The normalized spacial score (nSPS) is 15.6. The largest absolute Gasteiger partial charge is 0.505 e. The van der Waals surface area contributed by atoms with Crippen LogP contribution in [0.1, 0.15) is 23.2 Å². The Labute approximate surface area is 116 Å². The Hall–Kier alpha value is -2.28. The number of carboxylic acids is 1. The van der Waals surface area contributed by atoms with Gasteiger partial charge in [0.25, 0.3) is 0 Å². The molecule has 0 radical (unpaired) electrons. The van der Waals surface area contributed by atoms with Crippen LogP contribution in [0.2, 0.25) is 0 Å². The molecule has 7 heteroatoms. The summed E-state index contributed by atoms with van der Waals surface area (Å²) in [5.74, 6) is -1.69. The van der Waals surface area contributed by atoms with E-state index < -0.39 is 17.7 Å². The fourth-order valence-electron chi connectivity index (χ4n) is 2.13. The maximum atomic E-state index is 11.8. The first-order valence-corrected chi connectivity index (χ1v) is 6.41. The lowest BCUT2D eigenvalue weighted by Gasteiger charge is -2.23. The van der Waals surface area contributed by atoms with E-state index >= 15 is 0 Å². The predicted molar refractivity (Wildman–Crippen MR) is 73.1 cm³/mol. The number of aromatic hydroxyl groups is 1. The van der Waals surface area contributed by atoms with Crippen LogP contribution in [0, 0.1) is 0 Å². The summed E-state index contributed by atoms with van der Waals surface area (Å²) in [6, 6.07) is 3.82. The summed E-state index contributed by atoms with van der Waals surface area (Å²) in [6.45, 7) is 1.70. The molecule has 1 heterocycles. The molecular weight excluding hydrogens is 262 g/mol. The molecule has 0 unspecified atom stereocenters. The first kappa shape index (κ1) is 14.1. The van der Waals surface area contributed by atoms with Gasteiger partial charge in [-0.2, -0.15) is 0 Å². The summed E-state index contributed by atoms with van der Waals surface area (Å²) in [7, 11) is 0. The molecule has 2 amide bonds. The maximum absolute atomic E-state index is 11.8. The number of urea groups is 1. The first-order chi connectivity index (χ1) is 9.58. The number of rotatable bonds is 3. The molecule has 5 N–H and O–H groups in total. The van der Waals surface area contributed by atoms with Gasteiger partial charge in [-0.05, 0) is 38.1 Å². The second-order valence-electron chi connectivity index (χ2n) is 4.63. The lowest BCUT2D eigenvalue weighted by molar-refractivity contribution is 0.0693. The standard InChI is InChI=1S/C13H17N3O4/c17-11-9(12(18)19)2-1-3-10(11)16-13(20)15-8-4-6-14-7-5-8/h1-3,8,14,17H,4-7H2,(H,18,19)(H2,15,16,20). The molecule has 20 heavy (non-hydrogen) atoms. The molecule has 0 atom stereocenters. The SMILES string of the molecule is O=C(Nc1cccc(C(=O)O)c1O)NC1CCNCC1. The molecule has 108 valence electrons. The highest BCUT2D eigenvalue weighted by Crippen LogP contribution is 2.27. The van der Waals surface area contributed by atoms with Gasteiger partial charge in [-0.15, -0.1) is 0 Å². The Kier molecular flexibility index (Phi) is 4.41. The number of carbonyl (C=O) groups excluding carboxylic acids is 1. The number of para-hydroxylation sites is 1. The van der Waals surface area contributed by atoms with Crippen molar-refractivity contribution in [1.82, 2.24) is 10.6 Å². The van der Waals surface area contributed by atoms with Crippen molar-refractivity contribution in [2.24, 2.45) is 0 Å². The van der Waals surface area contributed by atoms with Crippen LogP contribution < -0.4 is 16.0 Å². The average molecular weight is 279 g/mol. The minimum Gasteiger partial charge on any atom is -0.505 e.